The molecule has 1 fully saturated rings. The monoisotopic (exact) mass is 222 g/mol. The highest BCUT2D eigenvalue weighted by atomic mass is 16.2. The van der Waals surface area contributed by atoms with Gasteiger partial charge in [-0.2, -0.15) is 5.26 Å². The van der Waals surface area contributed by atoms with Crippen LogP contribution in [0.15, 0.2) is 0 Å². The number of unbranched alkanes of at least 4 members (excludes halogenated alkanes) is 1. The molecule has 0 aromatic rings. The average Bonchev–Trinajstić information content (AvgIpc) is 2.55. The van der Waals surface area contributed by atoms with Gasteiger partial charge in [0.05, 0.1) is 11.5 Å². The van der Waals surface area contributed by atoms with Crippen molar-refractivity contribution in [3.8, 4) is 6.07 Å². The molecule has 0 saturated carbocycles. The lowest BCUT2D eigenvalue weighted by Crippen LogP contribution is -2.30. The SMILES string of the molecule is CC(C)(C#N)CCCCN1C(=O)CCC1=O. The molecule has 0 radical (unpaired) electrons. The van der Waals surface area contributed by atoms with E-state index in [-0.39, 0.29) is 17.2 Å². The van der Waals surface area contributed by atoms with E-state index in [0.717, 1.165) is 19.3 Å². The molecule has 0 unspecified atom stereocenters. The number of carbonyl (C=O) groups excluding carboxylic acids is 2. The maximum absolute atomic E-state index is 11.3. The van der Waals surface area contributed by atoms with Gasteiger partial charge in [0.15, 0.2) is 0 Å². The van der Waals surface area contributed by atoms with Crippen molar-refractivity contribution in [1.82, 2.24) is 4.90 Å². The minimum absolute atomic E-state index is 0.0513. The minimum Gasteiger partial charge on any atom is -0.283 e. The molecule has 88 valence electrons. The van der Waals surface area contributed by atoms with Crippen LogP contribution in [0.1, 0.15) is 46.0 Å². The second-order valence-electron chi connectivity index (χ2n) is 4.89. The zero-order valence-corrected chi connectivity index (χ0v) is 9.95. The van der Waals surface area contributed by atoms with Crippen LogP contribution in [0.2, 0.25) is 0 Å². The molecule has 0 atom stereocenters. The molecule has 1 saturated heterocycles. The molecule has 0 bridgehead atoms. The van der Waals surface area contributed by atoms with Crippen molar-refractivity contribution in [1.29, 1.82) is 5.26 Å². The lowest BCUT2D eigenvalue weighted by molar-refractivity contribution is -0.138. The number of hydrogen-bond donors (Lipinski definition) is 0. The van der Waals surface area contributed by atoms with Crippen LogP contribution in [0.25, 0.3) is 0 Å². The molecule has 1 aliphatic heterocycles. The third-order valence-electron chi connectivity index (χ3n) is 2.89. The largest absolute Gasteiger partial charge is 0.283 e. The summed E-state index contributed by atoms with van der Waals surface area (Å²) >= 11 is 0. The van der Waals surface area contributed by atoms with E-state index in [9.17, 15) is 9.59 Å². The van der Waals surface area contributed by atoms with Crippen molar-refractivity contribution in [2.45, 2.75) is 46.0 Å². The molecule has 1 heterocycles. The summed E-state index contributed by atoms with van der Waals surface area (Å²) in [5, 5.41) is 8.82. The Balaban J connectivity index is 2.24. The van der Waals surface area contributed by atoms with Crippen LogP contribution in [-0.2, 0) is 9.59 Å². The van der Waals surface area contributed by atoms with E-state index < -0.39 is 0 Å². The Labute approximate surface area is 96.2 Å². The summed E-state index contributed by atoms with van der Waals surface area (Å²) in [7, 11) is 0. The Hall–Kier alpha value is -1.37. The molecule has 0 spiro atoms. The third-order valence-corrected chi connectivity index (χ3v) is 2.89. The average molecular weight is 222 g/mol. The van der Waals surface area contributed by atoms with Gasteiger partial charge < -0.3 is 0 Å². The summed E-state index contributed by atoms with van der Waals surface area (Å²) < 4.78 is 0. The second kappa shape index (κ2) is 5.11. The molecule has 1 aliphatic rings. The number of amides is 2. The zero-order chi connectivity index (χ0) is 12.2. The first-order chi connectivity index (χ1) is 7.46. The Bertz CT molecular complexity index is 312. The van der Waals surface area contributed by atoms with Crippen molar-refractivity contribution in [2.24, 2.45) is 5.41 Å². The second-order valence-corrected chi connectivity index (χ2v) is 4.89. The van der Waals surface area contributed by atoms with Crippen molar-refractivity contribution in [3.63, 3.8) is 0 Å². The first-order valence-corrected chi connectivity index (χ1v) is 5.71. The molecule has 4 nitrogen and oxygen atoms in total. The first kappa shape index (κ1) is 12.7. The van der Waals surface area contributed by atoms with Crippen LogP contribution in [0.3, 0.4) is 0 Å². The van der Waals surface area contributed by atoms with E-state index in [1.54, 1.807) is 0 Å². The topological polar surface area (TPSA) is 61.2 Å². The van der Waals surface area contributed by atoms with Crippen LogP contribution < -0.4 is 0 Å². The van der Waals surface area contributed by atoms with Gasteiger partial charge in [0.2, 0.25) is 11.8 Å². The number of rotatable bonds is 5. The number of nitrogens with zero attached hydrogens (tertiary/aromatic N) is 2. The van der Waals surface area contributed by atoms with Gasteiger partial charge in [-0.05, 0) is 26.7 Å². The fourth-order valence-electron chi connectivity index (χ4n) is 1.77. The Morgan fingerprint density at radius 3 is 2.31 bits per heavy atom. The summed E-state index contributed by atoms with van der Waals surface area (Å²) in [5.74, 6) is -0.103. The highest BCUT2D eigenvalue weighted by Crippen LogP contribution is 2.22. The van der Waals surface area contributed by atoms with Gasteiger partial charge in [-0.3, -0.25) is 14.5 Å². The van der Waals surface area contributed by atoms with Crippen LogP contribution >= 0.6 is 0 Å². The summed E-state index contributed by atoms with van der Waals surface area (Å²) in [6.07, 6.45) is 3.20. The van der Waals surface area contributed by atoms with Gasteiger partial charge >= 0.3 is 0 Å². The highest BCUT2D eigenvalue weighted by Gasteiger charge is 2.28. The Kier molecular flexibility index (Phi) is 4.05. The molecule has 16 heavy (non-hydrogen) atoms. The van der Waals surface area contributed by atoms with Crippen molar-refractivity contribution < 1.29 is 9.59 Å². The number of likely N-dealkylation sites (tertiary alicyclic amines) is 1. The summed E-state index contributed by atoms with van der Waals surface area (Å²) in [4.78, 5) is 23.9. The van der Waals surface area contributed by atoms with Gasteiger partial charge in [0.1, 0.15) is 0 Å². The van der Waals surface area contributed by atoms with E-state index in [4.69, 9.17) is 5.26 Å². The van der Waals surface area contributed by atoms with Gasteiger partial charge in [-0.1, -0.05) is 6.42 Å². The summed E-state index contributed by atoms with van der Waals surface area (Å²) in [6.45, 7) is 4.32. The smallest absolute Gasteiger partial charge is 0.229 e. The minimum atomic E-state index is -0.307. The molecule has 4 heteroatoms. The quantitative estimate of drug-likeness (QED) is 0.527. The molecule has 0 aliphatic carbocycles. The summed E-state index contributed by atoms with van der Waals surface area (Å²) in [5.41, 5.74) is -0.307. The molecule has 2 amide bonds. The molecule has 0 aromatic carbocycles. The first-order valence-electron chi connectivity index (χ1n) is 5.71. The summed E-state index contributed by atoms with van der Waals surface area (Å²) in [6, 6.07) is 2.24. The standard InChI is InChI=1S/C12H18N2O2/c1-12(2,9-13)7-3-4-8-14-10(15)5-6-11(14)16/h3-8H2,1-2H3. The molecule has 1 rings (SSSR count). The van der Waals surface area contributed by atoms with Gasteiger partial charge in [-0.15, -0.1) is 0 Å². The van der Waals surface area contributed by atoms with Crippen LogP contribution in [0.5, 0.6) is 0 Å². The highest BCUT2D eigenvalue weighted by molar-refractivity contribution is 6.01. The van der Waals surface area contributed by atoms with E-state index in [1.165, 1.54) is 4.90 Å². The molecular weight excluding hydrogens is 204 g/mol. The van der Waals surface area contributed by atoms with Crippen LogP contribution in [0, 0.1) is 16.7 Å². The van der Waals surface area contributed by atoms with Gasteiger partial charge in [-0.25, -0.2) is 0 Å². The maximum atomic E-state index is 11.3. The van der Waals surface area contributed by atoms with Crippen molar-refractivity contribution in [2.75, 3.05) is 6.54 Å². The van der Waals surface area contributed by atoms with E-state index in [2.05, 4.69) is 6.07 Å². The predicted octanol–water partition coefficient (Wildman–Crippen LogP) is 1.86. The van der Waals surface area contributed by atoms with Gasteiger partial charge in [0, 0.05) is 19.4 Å². The maximum Gasteiger partial charge on any atom is 0.229 e. The fourth-order valence-corrected chi connectivity index (χ4v) is 1.77. The van der Waals surface area contributed by atoms with E-state index in [0.29, 0.717) is 19.4 Å². The number of carbonyl (C=O) groups is 2. The normalized spacial score (nSPS) is 16.7. The molecular formula is C12H18N2O2. The number of nitriles is 1. The molecule has 0 aromatic heterocycles. The predicted molar refractivity (Wildman–Crippen MR) is 59.2 cm³/mol. The van der Waals surface area contributed by atoms with Crippen LogP contribution in [-0.4, -0.2) is 23.3 Å². The number of hydrogen-bond acceptors (Lipinski definition) is 3. The van der Waals surface area contributed by atoms with E-state index in [1.807, 2.05) is 13.8 Å². The Morgan fingerprint density at radius 1 is 1.25 bits per heavy atom. The number of imide groups is 1. The van der Waals surface area contributed by atoms with Gasteiger partial charge in [0.25, 0.3) is 0 Å². The zero-order valence-electron chi connectivity index (χ0n) is 9.95. The van der Waals surface area contributed by atoms with E-state index >= 15 is 0 Å². The fraction of sp³-hybridized carbons (Fsp3) is 0.750. The molecule has 0 N–H and O–H groups in total. The lowest BCUT2D eigenvalue weighted by atomic mass is 9.89. The van der Waals surface area contributed by atoms with Crippen molar-refractivity contribution in [3.05, 3.63) is 0 Å². The van der Waals surface area contributed by atoms with Crippen LogP contribution in [0.4, 0.5) is 0 Å². The van der Waals surface area contributed by atoms with Crippen molar-refractivity contribution >= 4 is 11.8 Å². The third kappa shape index (κ3) is 3.34. The Morgan fingerprint density at radius 2 is 1.81 bits per heavy atom. The lowest BCUT2D eigenvalue weighted by Gasteiger charge is -2.16.